The van der Waals surface area contributed by atoms with E-state index in [0.29, 0.717) is 0 Å². The van der Waals surface area contributed by atoms with Gasteiger partial charge in [-0.2, -0.15) is 0 Å². The van der Waals surface area contributed by atoms with Gasteiger partial charge in [-0.05, 0) is 0 Å². The first-order chi connectivity index (χ1) is 5.77. The Balaban J connectivity index is 5.06. The first-order valence-electron chi connectivity index (χ1n) is 4.84. The molecule has 0 spiro atoms. The molecule has 0 heterocycles. The van der Waals surface area contributed by atoms with E-state index in [2.05, 4.69) is 71.0 Å². The van der Waals surface area contributed by atoms with Crippen molar-refractivity contribution in [2.45, 2.75) is 0 Å². The van der Waals surface area contributed by atoms with E-state index >= 15 is 0 Å². The molecule has 0 aliphatic heterocycles. The van der Waals surface area contributed by atoms with Crippen LogP contribution in [-0.4, -0.2) is 71.0 Å². The van der Waals surface area contributed by atoms with E-state index in [1.165, 1.54) is 0 Å². The summed E-state index contributed by atoms with van der Waals surface area (Å²) in [4.78, 5) is 0. The van der Waals surface area contributed by atoms with Crippen molar-refractivity contribution in [1.82, 2.24) is 14.6 Å². The average molecular weight is 242 g/mol. The Morgan fingerprint density at radius 3 is 0.615 bits per heavy atom. The van der Waals surface area contributed by atoms with Crippen molar-refractivity contribution >= 4 is 0 Å². The Labute approximate surface area is 86.9 Å². The van der Waals surface area contributed by atoms with Gasteiger partial charge >= 0.3 is 86.7 Å². The van der Waals surface area contributed by atoms with Crippen molar-refractivity contribution in [3.8, 4) is 0 Å². The zero-order valence-corrected chi connectivity index (χ0v) is 13.5. The number of rotatable bonds is 4. The molecule has 0 fully saturated rings. The molecule has 4 nitrogen and oxygen atoms in total. The summed E-state index contributed by atoms with van der Waals surface area (Å²) in [5, 5.41) is 0. The molecule has 78 valence electrons. The van der Waals surface area contributed by atoms with E-state index in [4.69, 9.17) is 0 Å². The predicted octanol–water partition coefficient (Wildman–Crippen LogP) is 0.0467. The monoisotopic (exact) mass is 240 g/mol. The Morgan fingerprint density at radius 1 is 0.462 bits per heavy atom. The SMILES string of the molecule is C[N](C)[Zn]([N](C)C)([N](C)C)[N](C)C. The Hall–Kier alpha value is 0.463. The van der Waals surface area contributed by atoms with Gasteiger partial charge in [0.15, 0.2) is 0 Å². The van der Waals surface area contributed by atoms with Gasteiger partial charge in [0.05, 0.1) is 0 Å². The van der Waals surface area contributed by atoms with E-state index in [-0.39, 0.29) is 0 Å². The van der Waals surface area contributed by atoms with Crippen molar-refractivity contribution in [2.75, 3.05) is 56.4 Å². The van der Waals surface area contributed by atoms with Crippen molar-refractivity contribution in [1.29, 1.82) is 0 Å². The van der Waals surface area contributed by atoms with Crippen molar-refractivity contribution in [2.24, 2.45) is 0 Å². The third-order valence-electron chi connectivity index (χ3n) is 3.39. The van der Waals surface area contributed by atoms with E-state index in [0.717, 1.165) is 0 Å². The van der Waals surface area contributed by atoms with Crippen molar-refractivity contribution < 1.29 is 15.7 Å². The van der Waals surface area contributed by atoms with Crippen LogP contribution in [0.15, 0.2) is 0 Å². The van der Waals surface area contributed by atoms with Crippen LogP contribution in [0.1, 0.15) is 0 Å². The van der Waals surface area contributed by atoms with E-state index in [9.17, 15) is 0 Å². The van der Waals surface area contributed by atoms with Gasteiger partial charge in [-0.15, -0.1) is 0 Å². The van der Waals surface area contributed by atoms with Crippen LogP contribution in [0.2, 0.25) is 0 Å². The first-order valence-corrected chi connectivity index (χ1v) is 10.2. The Bertz CT molecular complexity index is 119. The minimum absolute atomic E-state index is 2.18. The van der Waals surface area contributed by atoms with Crippen LogP contribution in [-0.2, 0) is 15.7 Å². The summed E-state index contributed by atoms with van der Waals surface area (Å²) in [5.74, 6) is 0. The minimum atomic E-state index is -2.69. The van der Waals surface area contributed by atoms with Gasteiger partial charge in [-0.25, -0.2) is 0 Å². The van der Waals surface area contributed by atoms with Crippen LogP contribution in [0.25, 0.3) is 0 Å². The van der Waals surface area contributed by atoms with E-state index in [1.54, 1.807) is 0 Å². The molecule has 0 atom stereocenters. The molecule has 13 heavy (non-hydrogen) atoms. The van der Waals surface area contributed by atoms with E-state index in [1.807, 2.05) is 0 Å². The van der Waals surface area contributed by atoms with Gasteiger partial charge < -0.3 is 0 Å². The Morgan fingerprint density at radius 2 is 0.615 bits per heavy atom. The fourth-order valence-electron chi connectivity index (χ4n) is 3.39. The van der Waals surface area contributed by atoms with Crippen LogP contribution >= 0.6 is 0 Å². The second-order valence-corrected chi connectivity index (χ2v) is 19.3. The molecule has 0 aromatic rings. The summed E-state index contributed by atoms with van der Waals surface area (Å²) >= 11 is -2.69. The quantitative estimate of drug-likeness (QED) is 0.645. The molecule has 0 aliphatic carbocycles. The van der Waals surface area contributed by atoms with Gasteiger partial charge in [0.1, 0.15) is 0 Å². The molecule has 0 radical (unpaired) electrons. The fourth-order valence-corrected chi connectivity index (χ4v) is 17.6. The molecule has 0 aliphatic rings. The summed E-state index contributed by atoms with van der Waals surface area (Å²) in [5.41, 5.74) is 0. The van der Waals surface area contributed by atoms with Gasteiger partial charge in [-0.1, -0.05) is 0 Å². The summed E-state index contributed by atoms with van der Waals surface area (Å²) in [6, 6.07) is 0. The third-order valence-corrected chi connectivity index (χ3v) is 17.6. The first kappa shape index (κ1) is 13.5. The summed E-state index contributed by atoms with van der Waals surface area (Å²) in [6.45, 7) is 0. The maximum atomic E-state index is 2.41. The Kier molecular flexibility index (Phi) is 4.98. The van der Waals surface area contributed by atoms with Crippen molar-refractivity contribution in [3.63, 3.8) is 0 Å². The molecule has 0 unspecified atom stereocenters. The van der Waals surface area contributed by atoms with Gasteiger partial charge in [-0.3, -0.25) is 0 Å². The normalized spacial score (nSPS) is 12.6. The van der Waals surface area contributed by atoms with Gasteiger partial charge in [0.2, 0.25) is 0 Å². The second-order valence-electron chi connectivity index (χ2n) is 5.17. The summed E-state index contributed by atoms with van der Waals surface area (Å²) < 4.78 is 9.62. The van der Waals surface area contributed by atoms with E-state index < -0.39 is 15.7 Å². The third kappa shape index (κ3) is 2.28. The molecule has 0 bridgehead atoms. The zero-order valence-electron chi connectivity index (χ0n) is 10.5. The molecule has 5 heteroatoms. The fraction of sp³-hybridized carbons (Fsp3) is 1.00. The molecular weight excluding hydrogens is 218 g/mol. The summed E-state index contributed by atoms with van der Waals surface area (Å²) in [6.07, 6.45) is 0. The predicted molar refractivity (Wildman–Crippen MR) is 54.7 cm³/mol. The second kappa shape index (κ2) is 4.80. The van der Waals surface area contributed by atoms with Crippen LogP contribution in [0.3, 0.4) is 0 Å². The maximum absolute atomic E-state index is 2.69. The summed E-state index contributed by atoms with van der Waals surface area (Å²) in [7, 11) is 17.4. The number of hydrogen-bond donors (Lipinski definition) is 0. The zero-order chi connectivity index (χ0) is 10.8. The molecule has 0 aromatic carbocycles. The van der Waals surface area contributed by atoms with Crippen molar-refractivity contribution in [3.05, 3.63) is 0 Å². The number of nitrogens with zero attached hydrogens (tertiary/aromatic N) is 4. The average Bonchev–Trinajstić information content (AvgIpc) is 1.82. The van der Waals surface area contributed by atoms with Gasteiger partial charge in [0.25, 0.3) is 0 Å². The van der Waals surface area contributed by atoms with Gasteiger partial charge in [0, 0.05) is 0 Å². The van der Waals surface area contributed by atoms with Crippen LogP contribution in [0, 0.1) is 0 Å². The van der Waals surface area contributed by atoms with Crippen LogP contribution in [0.5, 0.6) is 0 Å². The van der Waals surface area contributed by atoms with Crippen LogP contribution in [0.4, 0.5) is 0 Å². The number of hydrogen-bond acceptors (Lipinski definition) is 4. The molecular formula is C8H24N4Zn. The molecule has 0 amide bonds. The standard InChI is InChI=1S/4C2H6N.Zn/c4*1-3-2;/h4*1-2H3;/q4*-1;+4. The molecule has 0 N–H and O–H groups in total. The molecule has 0 saturated heterocycles. The van der Waals surface area contributed by atoms with Crippen LogP contribution < -0.4 is 0 Å². The molecule has 0 aromatic heterocycles. The topological polar surface area (TPSA) is 13.0 Å². The molecule has 0 rings (SSSR count). The molecule has 0 saturated carbocycles.